The van der Waals surface area contributed by atoms with Gasteiger partial charge in [0.15, 0.2) is 0 Å². The molecule has 0 radical (unpaired) electrons. The standard InChI is InChI=1S/C16H25N3O3S.ClH/c1-17-10-7-13-8-11-19(12-9-13)16(20)14-5-3-4-6-15(14)18-23(2,21)22;/h3-6,13,17-18H,7-12H2,1-2H3;1H. The summed E-state index contributed by atoms with van der Waals surface area (Å²) in [6, 6.07) is 6.76. The molecule has 1 aliphatic rings. The van der Waals surface area contributed by atoms with Crippen LogP contribution in [0, 0.1) is 5.92 Å². The third-order valence-corrected chi connectivity index (χ3v) is 4.75. The molecule has 1 aromatic rings. The van der Waals surface area contributed by atoms with Crippen molar-refractivity contribution in [3.05, 3.63) is 29.8 Å². The minimum Gasteiger partial charge on any atom is -0.339 e. The van der Waals surface area contributed by atoms with Gasteiger partial charge in [0.2, 0.25) is 10.0 Å². The van der Waals surface area contributed by atoms with E-state index < -0.39 is 10.0 Å². The predicted octanol–water partition coefficient (Wildman–Crippen LogP) is 1.94. The van der Waals surface area contributed by atoms with E-state index in [0.29, 0.717) is 17.2 Å². The van der Waals surface area contributed by atoms with Crippen LogP contribution in [0.15, 0.2) is 24.3 Å². The molecule has 2 rings (SSSR count). The van der Waals surface area contributed by atoms with Crippen molar-refractivity contribution in [3.63, 3.8) is 0 Å². The largest absolute Gasteiger partial charge is 0.339 e. The first-order valence-corrected chi connectivity index (χ1v) is 9.80. The van der Waals surface area contributed by atoms with Crippen LogP contribution in [0.3, 0.4) is 0 Å². The molecular weight excluding hydrogens is 350 g/mol. The summed E-state index contributed by atoms with van der Waals surface area (Å²) in [6.07, 6.45) is 4.20. The van der Waals surface area contributed by atoms with Crippen LogP contribution in [0.1, 0.15) is 29.6 Å². The van der Waals surface area contributed by atoms with Crippen molar-refractivity contribution in [3.8, 4) is 0 Å². The maximum atomic E-state index is 12.7. The zero-order chi connectivity index (χ0) is 16.9. The molecule has 24 heavy (non-hydrogen) atoms. The van der Waals surface area contributed by atoms with E-state index in [9.17, 15) is 13.2 Å². The number of amides is 1. The number of carbonyl (C=O) groups excluding carboxylic acids is 1. The molecule has 1 amide bonds. The molecule has 0 unspecified atom stereocenters. The smallest absolute Gasteiger partial charge is 0.255 e. The summed E-state index contributed by atoms with van der Waals surface area (Å²) < 4.78 is 25.3. The van der Waals surface area contributed by atoms with Gasteiger partial charge in [-0.05, 0) is 50.9 Å². The second kappa shape index (κ2) is 9.25. The van der Waals surface area contributed by atoms with Crippen molar-refractivity contribution in [1.82, 2.24) is 10.2 Å². The fraction of sp³-hybridized carbons (Fsp3) is 0.562. The van der Waals surface area contributed by atoms with Crippen LogP contribution < -0.4 is 10.0 Å². The Bertz CT molecular complexity index is 644. The zero-order valence-electron chi connectivity index (χ0n) is 14.1. The van der Waals surface area contributed by atoms with Gasteiger partial charge in [0, 0.05) is 13.1 Å². The van der Waals surface area contributed by atoms with Crippen molar-refractivity contribution in [1.29, 1.82) is 0 Å². The highest BCUT2D eigenvalue weighted by molar-refractivity contribution is 7.92. The van der Waals surface area contributed by atoms with Crippen LogP contribution in [0.4, 0.5) is 5.69 Å². The van der Waals surface area contributed by atoms with Crippen LogP contribution in [0.2, 0.25) is 0 Å². The van der Waals surface area contributed by atoms with Gasteiger partial charge in [0.05, 0.1) is 17.5 Å². The van der Waals surface area contributed by atoms with E-state index in [2.05, 4.69) is 10.0 Å². The number of rotatable bonds is 6. The van der Waals surface area contributed by atoms with E-state index >= 15 is 0 Å². The second-order valence-electron chi connectivity index (χ2n) is 6.05. The molecule has 0 aromatic heterocycles. The SMILES string of the molecule is CNCCC1CCN(C(=O)c2ccccc2NS(C)(=O)=O)CC1.Cl. The Hall–Kier alpha value is -1.31. The van der Waals surface area contributed by atoms with Gasteiger partial charge in [-0.3, -0.25) is 9.52 Å². The molecule has 0 saturated carbocycles. The molecule has 1 aromatic carbocycles. The average molecular weight is 376 g/mol. The van der Waals surface area contributed by atoms with Crippen molar-refractivity contribution in [2.24, 2.45) is 5.92 Å². The summed E-state index contributed by atoms with van der Waals surface area (Å²) in [4.78, 5) is 14.5. The van der Waals surface area contributed by atoms with E-state index in [0.717, 1.165) is 45.2 Å². The summed E-state index contributed by atoms with van der Waals surface area (Å²) in [5.74, 6) is 0.541. The van der Waals surface area contributed by atoms with Gasteiger partial charge in [-0.2, -0.15) is 0 Å². The highest BCUT2D eigenvalue weighted by Gasteiger charge is 2.25. The first-order valence-electron chi connectivity index (χ1n) is 7.91. The van der Waals surface area contributed by atoms with Gasteiger partial charge in [-0.1, -0.05) is 12.1 Å². The van der Waals surface area contributed by atoms with Crippen LogP contribution >= 0.6 is 12.4 Å². The Balaban J connectivity index is 0.00000288. The molecule has 1 heterocycles. The zero-order valence-corrected chi connectivity index (χ0v) is 15.8. The molecule has 0 atom stereocenters. The number of anilines is 1. The number of benzene rings is 1. The Kier molecular flexibility index (Phi) is 7.99. The van der Waals surface area contributed by atoms with Crippen molar-refractivity contribution in [2.45, 2.75) is 19.3 Å². The van der Waals surface area contributed by atoms with Gasteiger partial charge >= 0.3 is 0 Å². The summed E-state index contributed by atoms with van der Waals surface area (Å²) in [5.41, 5.74) is 0.754. The van der Waals surface area contributed by atoms with Crippen LogP contribution in [0.5, 0.6) is 0 Å². The molecule has 8 heteroatoms. The molecule has 6 nitrogen and oxygen atoms in total. The number of piperidine rings is 1. The molecule has 2 N–H and O–H groups in total. The number of nitrogens with one attached hydrogen (secondary N) is 2. The summed E-state index contributed by atoms with van der Waals surface area (Å²) >= 11 is 0. The maximum Gasteiger partial charge on any atom is 0.255 e. The first kappa shape index (κ1) is 20.7. The lowest BCUT2D eigenvalue weighted by molar-refractivity contribution is 0.0688. The highest BCUT2D eigenvalue weighted by atomic mass is 35.5. The molecule has 1 fully saturated rings. The molecule has 0 aliphatic carbocycles. The number of nitrogens with zero attached hydrogens (tertiary/aromatic N) is 1. The Morgan fingerprint density at radius 3 is 2.46 bits per heavy atom. The van der Waals surface area contributed by atoms with Crippen molar-refractivity contribution >= 4 is 34.0 Å². The third-order valence-electron chi connectivity index (χ3n) is 4.16. The number of likely N-dealkylation sites (tertiary alicyclic amines) is 1. The lowest BCUT2D eigenvalue weighted by atomic mass is 9.93. The van der Waals surface area contributed by atoms with Crippen LogP contribution in [-0.4, -0.2) is 52.2 Å². The van der Waals surface area contributed by atoms with Gasteiger partial charge in [-0.25, -0.2) is 8.42 Å². The van der Waals surface area contributed by atoms with E-state index in [-0.39, 0.29) is 18.3 Å². The number of carbonyl (C=O) groups is 1. The normalized spacial score (nSPS) is 15.7. The number of hydrogen-bond donors (Lipinski definition) is 2. The minimum atomic E-state index is -3.41. The number of para-hydroxylation sites is 1. The first-order chi connectivity index (χ1) is 10.9. The second-order valence-corrected chi connectivity index (χ2v) is 7.80. The Morgan fingerprint density at radius 1 is 1.25 bits per heavy atom. The predicted molar refractivity (Wildman–Crippen MR) is 99.3 cm³/mol. The fourth-order valence-electron chi connectivity index (χ4n) is 2.90. The summed E-state index contributed by atoms with van der Waals surface area (Å²) in [6.45, 7) is 2.45. The molecular formula is C16H26ClN3O3S. The molecule has 136 valence electrons. The van der Waals surface area contributed by atoms with Crippen molar-refractivity contribution < 1.29 is 13.2 Å². The monoisotopic (exact) mass is 375 g/mol. The van der Waals surface area contributed by atoms with Gasteiger partial charge in [-0.15, -0.1) is 12.4 Å². The molecule has 1 aliphatic heterocycles. The van der Waals surface area contributed by atoms with E-state index in [4.69, 9.17) is 0 Å². The number of sulfonamides is 1. The lowest BCUT2D eigenvalue weighted by Gasteiger charge is -2.32. The lowest BCUT2D eigenvalue weighted by Crippen LogP contribution is -2.39. The fourth-order valence-corrected chi connectivity index (χ4v) is 3.48. The third kappa shape index (κ3) is 5.96. The average Bonchev–Trinajstić information content (AvgIpc) is 2.52. The van der Waals surface area contributed by atoms with Gasteiger partial charge in [0.25, 0.3) is 5.91 Å². The Labute approximate surface area is 150 Å². The highest BCUT2D eigenvalue weighted by Crippen LogP contribution is 2.24. The van der Waals surface area contributed by atoms with Gasteiger partial charge < -0.3 is 10.2 Å². The molecule has 0 spiro atoms. The number of hydrogen-bond acceptors (Lipinski definition) is 4. The Morgan fingerprint density at radius 2 is 1.88 bits per heavy atom. The van der Waals surface area contributed by atoms with E-state index in [1.54, 1.807) is 24.3 Å². The molecule has 1 saturated heterocycles. The number of halogens is 1. The van der Waals surface area contributed by atoms with Gasteiger partial charge in [0.1, 0.15) is 0 Å². The summed E-state index contributed by atoms with van der Waals surface area (Å²) in [7, 11) is -1.46. The molecule has 0 bridgehead atoms. The maximum absolute atomic E-state index is 12.7. The quantitative estimate of drug-likeness (QED) is 0.796. The minimum absolute atomic E-state index is 0. The van der Waals surface area contributed by atoms with Crippen LogP contribution in [0.25, 0.3) is 0 Å². The van der Waals surface area contributed by atoms with E-state index in [1.807, 2.05) is 11.9 Å². The topological polar surface area (TPSA) is 78.5 Å². The summed E-state index contributed by atoms with van der Waals surface area (Å²) in [5, 5.41) is 3.16. The van der Waals surface area contributed by atoms with E-state index in [1.165, 1.54) is 0 Å². The van der Waals surface area contributed by atoms with Crippen molar-refractivity contribution in [2.75, 3.05) is 37.7 Å². The van der Waals surface area contributed by atoms with Crippen LogP contribution in [-0.2, 0) is 10.0 Å².